The van der Waals surface area contributed by atoms with E-state index >= 15 is 0 Å². The maximum absolute atomic E-state index is 12.3. The number of ether oxygens (including phenoxy) is 2. The fourth-order valence-electron chi connectivity index (χ4n) is 2.18. The number of aryl methyl sites for hydroxylation is 1. The van der Waals surface area contributed by atoms with Gasteiger partial charge in [-0.1, -0.05) is 48.9 Å². The molecule has 5 heteroatoms. The zero-order valence-electron chi connectivity index (χ0n) is 13.9. The Morgan fingerprint density at radius 2 is 1.79 bits per heavy atom. The van der Waals surface area contributed by atoms with E-state index < -0.39 is 6.10 Å². The number of amides is 1. The molecular formula is C19H22ClNO3. The van der Waals surface area contributed by atoms with Gasteiger partial charge in [-0.05, 0) is 37.1 Å². The van der Waals surface area contributed by atoms with Crippen molar-refractivity contribution in [3.05, 3.63) is 59.1 Å². The van der Waals surface area contributed by atoms with Crippen molar-refractivity contribution >= 4 is 17.5 Å². The molecule has 1 N–H and O–H groups in total. The highest BCUT2D eigenvalue weighted by atomic mass is 35.5. The lowest BCUT2D eigenvalue weighted by Gasteiger charge is -2.18. The second-order valence-electron chi connectivity index (χ2n) is 5.35. The molecule has 128 valence electrons. The van der Waals surface area contributed by atoms with E-state index in [0.717, 1.165) is 11.3 Å². The molecule has 24 heavy (non-hydrogen) atoms. The fourth-order valence-corrected chi connectivity index (χ4v) is 2.37. The van der Waals surface area contributed by atoms with E-state index in [-0.39, 0.29) is 5.91 Å². The van der Waals surface area contributed by atoms with E-state index in [2.05, 4.69) is 5.32 Å². The molecule has 1 atom stereocenters. The molecule has 0 aliphatic carbocycles. The van der Waals surface area contributed by atoms with Crippen LogP contribution >= 0.6 is 11.6 Å². The SMILES string of the molecule is CC[C@H](Oc1ccccc1C)C(=O)NCCOc1ccccc1Cl. The minimum atomic E-state index is -0.522. The van der Waals surface area contributed by atoms with Gasteiger partial charge in [-0.15, -0.1) is 0 Å². The van der Waals surface area contributed by atoms with Crippen molar-refractivity contribution in [2.45, 2.75) is 26.4 Å². The van der Waals surface area contributed by atoms with E-state index in [1.165, 1.54) is 0 Å². The number of benzene rings is 2. The molecule has 2 aromatic carbocycles. The number of carbonyl (C=O) groups is 1. The highest BCUT2D eigenvalue weighted by Gasteiger charge is 2.18. The third-order valence-corrected chi connectivity index (χ3v) is 3.83. The van der Waals surface area contributed by atoms with Crippen LogP contribution < -0.4 is 14.8 Å². The molecule has 1 amide bonds. The molecule has 0 spiro atoms. The Bertz CT molecular complexity index is 675. The molecule has 0 saturated heterocycles. The van der Waals surface area contributed by atoms with Gasteiger partial charge in [0.05, 0.1) is 11.6 Å². The first-order valence-electron chi connectivity index (χ1n) is 7.99. The van der Waals surface area contributed by atoms with Crippen molar-refractivity contribution in [3.8, 4) is 11.5 Å². The number of nitrogens with one attached hydrogen (secondary N) is 1. The molecule has 2 aromatic rings. The van der Waals surface area contributed by atoms with Crippen LogP contribution in [0.25, 0.3) is 0 Å². The zero-order chi connectivity index (χ0) is 17.4. The Morgan fingerprint density at radius 1 is 1.12 bits per heavy atom. The second-order valence-corrected chi connectivity index (χ2v) is 5.76. The summed E-state index contributed by atoms with van der Waals surface area (Å²) in [5.74, 6) is 1.19. The van der Waals surface area contributed by atoms with Crippen LogP contribution in [-0.2, 0) is 4.79 Å². The Balaban J connectivity index is 1.80. The van der Waals surface area contributed by atoms with Crippen LogP contribution in [0.5, 0.6) is 11.5 Å². The van der Waals surface area contributed by atoms with Gasteiger partial charge in [0.1, 0.15) is 18.1 Å². The van der Waals surface area contributed by atoms with Crippen LogP contribution in [0.3, 0.4) is 0 Å². The number of hydrogen-bond donors (Lipinski definition) is 1. The van der Waals surface area contributed by atoms with E-state index in [9.17, 15) is 4.79 Å². The first kappa shape index (κ1) is 18.1. The van der Waals surface area contributed by atoms with Gasteiger partial charge < -0.3 is 14.8 Å². The molecule has 4 nitrogen and oxygen atoms in total. The van der Waals surface area contributed by atoms with E-state index in [4.69, 9.17) is 21.1 Å². The molecule has 0 radical (unpaired) electrons. The minimum Gasteiger partial charge on any atom is -0.490 e. The van der Waals surface area contributed by atoms with Gasteiger partial charge in [0, 0.05) is 0 Å². The molecule has 0 aromatic heterocycles. The van der Waals surface area contributed by atoms with Crippen molar-refractivity contribution in [1.82, 2.24) is 5.32 Å². The molecule has 0 aliphatic heterocycles. The number of halogens is 1. The molecular weight excluding hydrogens is 326 g/mol. The van der Waals surface area contributed by atoms with Crippen LogP contribution in [0.15, 0.2) is 48.5 Å². The van der Waals surface area contributed by atoms with Crippen LogP contribution in [-0.4, -0.2) is 25.2 Å². The summed E-state index contributed by atoms with van der Waals surface area (Å²) in [6, 6.07) is 14.9. The summed E-state index contributed by atoms with van der Waals surface area (Å²) < 4.78 is 11.4. The summed E-state index contributed by atoms with van der Waals surface area (Å²) in [6.45, 7) is 4.61. The predicted octanol–water partition coefficient (Wildman–Crippen LogP) is 4.00. The number of para-hydroxylation sites is 2. The minimum absolute atomic E-state index is 0.150. The predicted molar refractivity (Wildman–Crippen MR) is 95.8 cm³/mol. The first-order valence-corrected chi connectivity index (χ1v) is 8.37. The maximum atomic E-state index is 12.3. The van der Waals surface area contributed by atoms with Crippen LogP contribution in [0.2, 0.25) is 5.02 Å². The van der Waals surface area contributed by atoms with Crippen molar-refractivity contribution in [2.75, 3.05) is 13.2 Å². The van der Waals surface area contributed by atoms with Crippen molar-refractivity contribution in [2.24, 2.45) is 0 Å². The van der Waals surface area contributed by atoms with Gasteiger partial charge in [-0.3, -0.25) is 4.79 Å². The van der Waals surface area contributed by atoms with Crippen LogP contribution in [0, 0.1) is 6.92 Å². The summed E-state index contributed by atoms with van der Waals surface area (Å²) >= 11 is 6.01. The Hall–Kier alpha value is -2.20. The third kappa shape index (κ3) is 5.17. The lowest BCUT2D eigenvalue weighted by atomic mass is 10.2. The van der Waals surface area contributed by atoms with Gasteiger partial charge in [0.25, 0.3) is 5.91 Å². The largest absolute Gasteiger partial charge is 0.490 e. The Kier molecular flexibility index (Phi) is 6.94. The molecule has 0 bridgehead atoms. The van der Waals surface area contributed by atoms with Gasteiger partial charge in [-0.2, -0.15) is 0 Å². The van der Waals surface area contributed by atoms with E-state index in [1.54, 1.807) is 12.1 Å². The van der Waals surface area contributed by atoms with Gasteiger partial charge in [0.15, 0.2) is 6.10 Å². The summed E-state index contributed by atoms with van der Waals surface area (Å²) in [7, 11) is 0. The molecule has 0 saturated carbocycles. The summed E-state index contributed by atoms with van der Waals surface area (Å²) in [4.78, 5) is 12.3. The van der Waals surface area contributed by atoms with E-state index in [1.807, 2.05) is 50.2 Å². The standard InChI is InChI=1S/C19H22ClNO3/c1-3-16(24-17-10-6-4-8-14(17)2)19(22)21-12-13-23-18-11-7-5-9-15(18)20/h4-11,16H,3,12-13H2,1-2H3,(H,21,22)/t16-/m0/s1. The molecule has 0 fully saturated rings. The number of hydrogen-bond acceptors (Lipinski definition) is 3. The average Bonchev–Trinajstić information content (AvgIpc) is 2.59. The normalized spacial score (nSPS) is 11.6. The summed E-state index contributed by atoms with van der Waals surface area (Å²) in [6.07, 6.45) is 0.0670. The van der Waals surface area contributed by atoms with Crippen molar-refractivity contribution in [3.63, 3.8) is 0 Å². The lowest BCUT2D eigenvalue weighted by Crippen LogP contribution is -2.39. The van der Waals surface area contributed by atoms with Crippen LogP contribution in [0.1, 0.15) is 18.9 Å². The lowest BCUT2D eigenvalue weighted by molar-refractivity contribution is -0.128. The molecule has 0 unspecified atom stereocenters. The van der Waals surface area contributed by atoms with Crippen molar-refractivity contribution in [1.29, 1.82) is 0 Å². The number of carbonyl (C=O) groups excluding carboxylic acids is 1. The average molecular weight is 348 g/mol. The molecule has 0 aliphatic rings. The van der Waals surface area contributed by atoms with Crippen molar-refractivity contribution < 1.29 is 14.3 Å². The highest BCUT2D eigenvalue weighted by molar-refractivity contribution is 6.32. The number of rotatable bonds is 8. The fraction of sp³-hybridized carbons (Fsp3) is 0.316. The second kappa shape index (κ2) is 9.18. The van der Waals surface area contributed by atoms with Gasteiger partial charge in [-0.25, -0.2) is 0 Å². The van der Waals surface area contributed by atoms with E-state index in [0.29, 0.717) is 30.3 Å². The summed E-state index contributed by atoms with van der Waals surface area (Å²) in [5, 5.41) is 3.38. The Labute approximate surface area is 147 Å². The first-order chi connectivity index (χ1) is 11.6. The maximum Gasteiger partial charge on any atom is 0.261 e. The van der Waals surface area contributed by atoms with Gasteiger partial charge in [0.2, 0.25) is 0 Å². The smallest absolute Gasteiger partial charge is 0.261 e. The van der Waals surface area contributed by atoms with Crippen LogP contribution in [0.4, 0.5) is 0 Å². The molecule has 0 heterocycles. The monoisotopic (exact) mass is 347 g/mol. The summed E-state index contributed by atoms with van der Waals surface area (Å²) in [5.41, 5.74) is 1.01. The Morgan fingerprint density at radius 3 is 2.46 bits per heavy atom. The zero-order valence-corrected chi connectivity index (χ0v) is 14.7. The third-order valence-electron chi connectivity index (χ3n) is 3.52. The highest BCUT2D eigenvalue weighted by Crippen LogP contribution is 2.22. The molecule has 2 rings (SSSR count). The van der Waals surface area contributed by atoms with Gasteiger partial charge >= 0.3 is 0 Å². The topological polar surface area (TPSA) is 47.6 Å². The quantitative estimate of drug-likeness (QED) is 0.734.